The van der Waals surface area contributed by atoms with Gasteiger partial charge in [-0.05, 0) is 55.1 Å². The maximum Gasteiger partial charge on any atom is 0.251 e. The molecule has 2 rings (SSSR count). The number of sulfonamides is 1. The third kappa shape index (κ3) is 7.26. The lowest BCUT2D eigenvalue weighted by Crippen LogP contribution is -2.38. The minimum Gasteiger partial charge on any atom is -0.493 e. The lowest BCUT2D eigenvalue weighted by atomic mass is 10.0. The van der Waals surface area contributed by atoms with Gasteiger partial charge < -0.3 is 24.4 Å². The van der Waals surface area contributed by atoms with Crippen molar-refractivity contribution in [3.63, 3.8) is 0 Å². The molecule has 33 heavy (non-hydrogen) atoms. The van der Waals surface area contributed by atoms with Crippen molar-refractivity contribution in [1.29, 1.82) is 0 Å². The van der Waals surface area contributed by atoms with E-state index in [1.54, 1.807) is 38.5 Å². The highest BCUT2D eigenvalue weighted by Gasteiger charge is 2.22. The van der Waals surface area contributed by atoms with Crippen LogP contribution < -0.4 is 24.2 Å². The van der Waals surface area contributed by atoms with E-state index in [0.29, 0.717) is 35.0 Å². The average molecular weight is 480 g/mol. The van der Waals surface area contributed by atoms with Crippen molar-refractivity contribution in [2.75, 3.05) is 51.9 Å². The molecule has 0 spiro atoms. The zero-order valence-electron chi connectivity index (χ0n) is 20.0. The second-order valence-electron chi connectivity index (χ2n) is 7.42. The van der Waals surface area contributed by atoms with Crippen LogP contribution in [0.2, 0.25) is 0 Å². The molecular formula is C23H33N3O6S. The zero-order valence-corrected chi connectivity index (χ0v) is 20.8. The van der Waals surface area contributed by atoms with Crippen molar-refractivity contribution < 1.29 is 27.4 Å². The molecule has 0 aromatic heterocycles. The largest absolute Gasteiger partial charge is 0.493 e. The summed E-state index contributed by atoms with van der Waals surface area (Å²) in [5.74, 6) is 1.20. The number of likely N-dealkylation sites (N-methyl/N-ethyl adjacent to an activating group) is 1. The minimum absolute atomic E-state index is 0.285. The van der Waals surface area contributed by atoms with Crippen LogP contribution in [-0.4, -0.2) is 66.4 Å². The lowest BCUT2D eigenvalue weighted by Gasteiger charge is -2.27. The Labute approximate surface area is 196 Å². The molecule has 0 saturated heterocycles. The summed E-state index contributed by atoms with van der Waals surface area (Å²) in [4.78, 5) is 15.3. The Bertz CT molecular complexity index is 1010. The number of hydrogen-bond donors (Lipinski definition) is 2. The highest BCUT2D eigenvalue weighted by molar-refractivity contribution is 7.92. The monoisotopic (exact) mass is 479 g/mol. The lowest BCUT2D eigenvalue weighted by molar-refractivity contribution is 0.0925. The van der Waals surface area contributed by atoms with Gasteiger partial charge in [0.2, 0.25) is 15.8 Å². The average Bonchev–Trinajstić information content (AvgIpc) is 2.79. The van der Waals surface area contributed by atoms with Crippen molar-refractivity contribution in [1.82, 2.24) is 10.2 Å². The van der Waals surface area contributed by atoms with Crippen LogP contribution in [0.5, 0.6) is 17.2 Å². The summed E-state index contributed by atoms with van der Waals surface area (Å²) in [6.07, 6.45) is 1.07. The maximum absolute atomic E-state index is 13.1. The van der Waals surface area contributed by atoms with E-state index >= 15 is 0 Å². The molecule has 0 aliphatic rings. The quantitative estimate of drug-likeness (QED) is 0.482. The van der Waals surface area contributed by atoms with Crippen molar-refractivity contribution in [2.45, 2.75) is 19.9 Å². The third-order valence-electron chi connectivity index (χ3n) is 5.18. The number of hydrogen-bond acceptors (Lipinski definition) is 7. The molecule has 0 aliphatic heterocycles. The fourth-order valence-corrected chi connectivity index (χ4v) is 3.99. The molecule has 2 aromatic rings. The predicted octanol–water partition coefficient (Wildman–Crippen LogP) is 2.90. The van der Waals surface area contributed by atoms with Gasteiger partial charge in [0.05, 0.1) is 33.6 Å². The number of nitrogens with zero attached hydrogens (tertiary/aromatic N) is 1. The number of carbonyl (C=O) groups is 1. The summed E-state index contributed by atoms with van der Waals surface area (Å²) in [6.45, 7) is 6.33. The summed E-state index contributed by atoms with van der Waals surface area (Å²) >= 11 is 0. The summed E-state index contributed by atoms with van der Waals surface area (Å²) in [6, 6.07) is 9.55. The topological polar surface area (TPSA) is 106 Å². The van der Waals surface area contributed by atoms with E-state index in [2.05, 4.69) is 28.8 Å². The van der Waals surface area contributed by atoms with E-state index in [4.69, 9.17) is 14.2 Å². The number of anilines is 1. The van der Waals surface area contributed by atoms with Gasteiger partial charge >= 0.3 is 0 Å². The third-order valence-corrected chi connectivity index (χ3v) is 5.79. The van der Waals surface area contributed by atoms with E-state index in [1.165, 1.54) is 7.11 Å². The van der Waals surface area contributed by atoms with Gasteiger partial charge in [-0.3, -0.25) is 9.52 Å². The maximum atomic E-state index is 13.1. The molecule has 182 valence electrons. The Kier molecular flexibility index (Phi) is 9.36. The van der Waals surface area contributed by atoms with Gasteiger partial charge in [0, 0.05) is 17.8 Å². The Morgan fingerprint density at radius 3 is 1.94 bits per heavy atom. The number of amides is 1. The van der Waals surface area contributed by atoms with Gasteiger partial charge in [0.15, 0.2) is 11.5 Å². The Morgan fingerprint density at radius 1 is 0.970 bits per heavy atom. The van der Waals surface area contributed by atoms with E-state index in [0.717, 1.165) is 24.9 Å². The molecule has 2 N–H and O–H groups in total. The summed E-state index contributed by atoms with van der Waals surface area (Å²) in [7, 11) is 1.24. The molecule has 0 radical (unpaired) electrons. The molecular weight excluding hydrogens is 446 g/mol. The Morgan fingerprint density at radius 2 is 1.52 bits per heavy atom. The fourth-order valence-electron chi connectivity index (χ4n) is 3.42. The SMILES string of the molecule is CCN(CC)CC(NC(=O)c1ccc(NS(C)(=O)=O)cc1)c1cc(OC)c(OC)c(OC)c1. The first-order chi connectivity index (χ1) is 15.6. The van der Waals surface area contributed by atoms with Crippen LogP contribution in [0, 0.1) is 0 Å². The van der Waals surface area contributed by atoms with Crippen molar-refractivity contribution in [2.24, 2.45) is 0 Å². The van der Waals surface area contributed by atoms with Crippen LogP contribution in [0.4, 0.5) is 5.69 Å². The molecule has 0 bridgehead atoms. The summed E-state index contributed by atoms with van der Waals surface area (Å²) in [5, 5.41) is 3.09. The number of rotatable bonds is 12. The molecule has 1 unspecified atom stereocenters. The molecule has 0 heterocycles. The van der Waals surface area contributed by atoms with Crippen LogP contribution in [-0.2, 0) is 10.0 Å². The van der Waals surface area contributed by atoms with E-state index in [1.807, 2.05) is 12.1 Å². The molecule has 0 aliphatic carbocycles. The summed E-state index contributed by atoms with van der Waals surface area (Å²) < 4.78 is 41.6. The minimum atomic E-state index is -3.39. The summed E-state index contributed by atoms with van der Waals surface area (Å²) in [5.41, 5.74) is 1.60. The van der Waals surface area contributed by atoms with Gasteiger partial charge in [-0.25, -0.2) is 8.42 Å². The van der Waals surface area contributed by atoms with Gasteiger partial charge in [-0.1, -0.05) is 13.8 Å². The van der Waals surface area contributed by atoms with Crippen molar-refractivity contribution >= 4 is 21.6 Å². The molecule has 1 atom stereocenters. The molecule has 9 nitrogen and oxygen atoms in total. The number of nitrogens with one attached hydrogen (secondary N) is 2. The number of benzene rings is 2. The van der Waals surface area contributed by atoms with Crippen LogP contribution in [0.3, 0.4) is 0 Å². The Balaban J connectivity index is 2.37. The molecule has 2 aromatic carbocycles. The second-order valence-corrected chi connectivity index (χ2v) is 9.17. The highest BCUT2D eigenvalue weighted by Crippen LogP contribution is 2.39. The number of carbonyl (C=O) groups excluding carboxylic acids is 1. The molecule has 10 heteroatoms. The van der Waals surface area contributed by atoms with E-state index in [-0.39, 0.29) is 11.9 Å². The first-order valence-corrected chi connectivity index (χ1v) is 12.5. The highest BCUT2D eigenvalue weighted by atomic mass is 32.2. The zero-order chi connectivity index (χ0) is 24.6. The first-order valence-electron chi connectivity index (χ1n) is 10.6. The van der Waals surface area contributed by atoms with Crippen molar-refractivity contribution in [3.05, 3.63) is 47.5 Å². The smallest absolute Gasteiger partial charge is 0.251 e. The van der Waals surface area contributed by atoms with Gasteiger partial charge in [0.25, 0.3) is 5.91 Å². The second kappa shape index (κ2) is 11.8. The fraction of sp³-hybridized carbons (Fsp3) is 0.435. The standard InChI is InChI=1S/C23H33N3O6S/c1-7-26(8-2)15-19(17-13-20(30-3)22(32-5)21(14-17)31-4)24-23(27)16-9-11-18(12-10-16)25-33(6,28)29/h9-14,19,25H,7-8,15H2,1-6H3,(H,24,27). The van der Waals surface area contributed by atoms with Crippen LogP contribution in [0.25, 0.3) is 0 Å². The van der Waals surface area contributed by atoms with Crippen LogP contribution in [0.15, 0.2) is 36.4 Å². The normalized spacial score (nSPS) is 12.2. The number of methoxy groups -OCH3 is 3. The van der Waals surface area contributed by atoms with Gasteiger partial charge in [-0.2, -0.15) is 0 Å². The van der Waals surface area contributed by atoms with Crippen LogP contribution in [0.1, 0.15) is 35.8 Å². The van der Waals surface area contributed by atoms with Crippen LogP contribution >= 0.6 is 0 Å². The molecule has 0 fully saturated rings. The first kappa shape index (κ1) is 26.3. The predicted molar refractivity (Wildman–Crippen MR) is 129 cm³/mol. The number of ether oxygens (including phenoxy) is 3. The van der Waals surface area contributed by atoms with Gasteiger partial charge in [0.1, 0.15) is 0 Å². The van der Waals surface area contributed by atoms with Crippen molar-refractivity contribution in [3.8, 4) is 17.2 Å². The van der Waals surface area contributed by atoms with Gasteiger partial charge in [-0.15, -0.1) is 0 Å². The van der Waals surface area contributed by atoms with E-state index in [9.17, 15) is 13.2 Å². The van der Waals surface area contributed by atoms with E-state index < -0.39 is 10.0 Å². The Hall–Kier alpha value is -2.98. The molecule has 1 amide bonds. The molecule has 0 saturated carbocycles.